The molecule has 29 heavy (non-hydrogen) atoms. The van der Waals surface area contributed by atoms with Gasteiger partial charge in [-0.25, -0.2) is 9.19 Å². The molecule has 0 amide bonds. The second-order valence-corrected chi connectivity index (χ2v) is 8.99. The molecule has 3 aromatic rings. The van der Waals surface area contributed by atoms with Gasteiger partial charge in [0.2, 0.25) is 0 Å². The molecule has 4 rings (SSSR count). The molecule has 0 aliphatic carbocycles. The number of ether oxygens (including phenoxy) is 1. The topological polar surface area (TPSA) is 78.2 Å². The number of thiazole rings is 1. The highest BCUT2D eigenvalue weighted by atomic mass is 32.2. The number of hydrogen-bond acceptors (Lipinski definition) is 6. The second-order valence-electron chi connectivity index (χ2n) is 6.88. The van der Waals surface area contributed by atoms with Crippen molar-refractivity contribution in [3.05, 3.63) is 59.1 Å². The molecule has 1 N–H and O–H groups in total. The van der Waals surface area contributed by atoms with Crippen LogP contribution in [-0.2, 0) is 11.0 Å². The lowest BCUT2D eigenvalue weighted by Gasteiger charge is -2.32. The van der Waals surface area contributed by atoms with E-state index in [0.29, 0.717) is 40.4 Å². The first-order valence-corrected chi connectivity index (χ1v) is 11.3. The van der Waals surface area contributed by atoms with Crippen molar-refractivity contribution in [2.24, 2.45) is 0 Å². The van der Waals surface area contributed by atoms with Gasteiger partial charge in [-0.3, -0.25) is 4.72 Å². The van der Waals surface area contributed by atoms with Gasteiger partial charge >= 0.3 is 0 Å². The minimum Gasteiger partial charge on any atom is -0.489 e. The molecule has 0 bridgehead atoms. The molecular weight excluding hydrogens is 404 g/mol. The van der Waals surface area contributed by atoms with E-state index in [9.17, 15) is 9.47 Å². The van der Waals surface area contributed by atoms with Crippen LogP contribution in [0.3, 0.4) is 0 Å². The molecule has 1 aromatic heterocycles. The standard InChI is InChI=1S/C21H20N4O2S2/c1-14(2)15-3-5-18(16(11-15)13-22)25-8-9-27-20-12-17(4-6-19(20)25)29(26)24-21-23-7-10-28-21/h3-7,10-12,14H,8-9H2,1-2H3,(H,23,24). The van der Waals surface area contributed by atoms with E-state index in [2.05, 4.69) is 40.6 Å². The van der Waals surface area contributed by atoms with E-state index < -0.39 is 11.0 Å². The fourth-order valence-electron chi connectivity index (χ4n) is 3.22. The number of benzene rings is 2. The Bertz CT molecular complexity index is 1090. The monoisotopic (exact) mass is 424 g/mol. The Labute approximate surface area is 176 Å². The fourth-order valence-corrected chi connectivity index (χ4v) is 4.74. The molecule has 2 heterocycles. The van der Waals surface area contributed by atoms with Crippen molar-refractivity contribution in [3.63, 3.8) is 0 Å². The van der Waals surface area contributed by atoms with Gasteiger partial charge in [0, 0.05) is 17.6 Å². The lowest BCUT2D eigenvalue weighted by atomic mass is 9.99. The Balaban J connectivity index is 1.66. The van der Waals surface area contributed by atoms with Crippen LogP contribution in [0, 0.1) is 11.3 Å². The molecule has 0 radical (unpaired) electrons. The molecule has 1 unspecified atom stereocenters. The van der Waals surface area contributed by atoms with Gasteiger partial charge in [0.05, 0.1) is 28.4 Å². The van der Waals surface area contributed by atoms with Crippen molar-refractivity contribution in [2.75, 3.05) is 22.8 Å². The Morgan fingerprint density at radius 3 is 2.83 bits per heavy atom. The molecule has 0 fully saturated rings. The van der Waals surface area contributed by atoms with Crippen LogP contribution in [0.5, 0.6) is 5.75 Å². The summed E-state index contributed by atoms with van der Waals surface area (Å²) in [5.74, 6) is 1.01. The summed E-state index contributed by atoms with van der Waals surface area (Å²) in [6.07, 6.45) is 1.66. The molecule has 6 nitrogen and oxygen atoms in total. The van der Waals surface area contributed by atoms with Crippen LogP contribution in [0.1, 0.15) is 30.9 Å². The predicted molar refractivity (Wildman–Crippen MR) is 116 cm³/mol. The van der Waals surface area contributed by atoms with Gasteiger partial charge in [0.25, 0.3) is 0 Å². The number of anilines is 3. The van der Waals surface area contributed by atoms with Crippen LogP contribution < -0.4 is 14.4 Å². The van der Waals surface area contributed by atoms with E-state index in [1.165, 1.54) is 11.3 Å². The van der Waals surface area contributed by atoms with Gasteiger partial charge in [-0.1, -0.05) is 19.9 Å². The highest BCUT2D eigenvalue weighted by molar-refractivity contribution is 7.86. The van der Waals surface area contributed by atoms with Crippen molar-refractivity contribution in [2.45, 2.75) is 24.7 Å². The van der Waals surface area contributed by atoms with E-state index in [4.69, 9.17) is 4.74 Å². The second kappa shape index (κ2) is 8.23. The Morgan fingerprint density at radius 1 is 1.28 bits per heavy atom. The molecule has 8 heteroatoms. The first-order valence-electron chi connectivity index (χ1n) is 9.23. The van der Waals surface area contributed by atoms with Crippen LogP contribution in [0.4, 0.5) is 16.5 Å². The molecule has 0 spiro atoms. The van der Waals surface area contributed by atoms with Gasteiger partial charge in [0.15, 0.2) is 16.1 Å². The van der Waals surface area contributed by atoms with Crippen molar-refractivity contribution in [1.29, 1.82) is 5.26 Å². The molecule has 0 saturated heterocycles. The van der Waals surface area contributed by atoms with Crippen molar-refractivity contribution in [3.8, 4) is 11.8 Å². The number of rotatable bonds is 5. The summed E-state index contributed by atoms with van der Waals surface area (Å²) in [5.41, 5.74) is 3.50. The van der Waals surface area contributed by atoms with Crippen LogP contribution in [-0.4, -0.2) is 22.3 Å². The summed E-state index contributed by atoms with van der Waals surface area (Å²) >= 11 is 1.39. The number of nitrogens with zero attached hydrogens (tertiary/aromatic N) is 3. The highest BCUT2D eigenvalue weighted by Crippen LogP contribution is 2.39. The molecule has 1 atom stereocenters. The van der Waals surface area contributed by atoms with Crippen LogP contribution in [0.2, 0.25) is 0 Å². The zero-order valence-corrected chi connectivity index (χ0v) is 17.7. The summed E-state index contributed by atoms with van der Waals surface area (Å²) in [6.45, 7) is 5.35. The lowest BCUT2D eigenvalue weighted by Crippen LogP contribution is -2.29. The fraction of sp³-hybridized carbons (Fsp3) is 0.238. The highest BCUT2D eigenvalue weighted by Gasteiger charge is 2.23. The van der Waals surface area contributed by atoms with Gasteiger partial charge in [-0.2, -0.15) is 5.26 Å². The molecule has 1 aliphatic heterocycles. The maximum absolute atomic E-state index is 12.6. The maximum atomic E-state index is 12.6. The smallest absolute Gasteiger partial charge is 0.194 e. The largest absolute Gasteiger partial charge is 0.489 e. The molecule has 148 valence electrons. The van der Waals surface area contributed by atoms with Crippen LogP contribution >= 0.6 is 11.3 Å². The molecular formula is C21H20N4O2S2. The average molecular weight is 425 g/mol. The third-order valence-corrected chi connectivity index (χ3v) is 6.60. The average Bonchev–Trinajstić information content (AvgIpc) is 3.25. The summed E-state index contributed by atoms with van der Waals surface area (Å²) in [6, 6.07) is 13.8. The Hall–Kier alpha value is -2.89. The minimum absolute atomic E-state index is 0.357. The van der Waals surface area contributed by atoms with E-state index in [1.54, 1.807) is 12.3 Å². The van der Waals surface area contributed by atoms with Gasteiger partial charge < -0.3 is 9.64 Å². The summed E-state index contributed by atoms with van der Waals surface area (Å²) in [7, 11) is -1.43. The Kier molecular flexibility index (Phi) is 5.51. The van der Waals surface area contributed by atoms with Crippen molar-refractivity contribution < 1.29 is 8.95 Å². The zero-order valence-electron chi connectivity index (χ0n) is 16.1. The van der Waals surface area contributed by atoms with Crippen molar-refractivity contribution >= 4 is 38.8 Å². The summed E-state index contributed by atoms with van der Waals surface area (Å²) in [4.78, 5) is 6.80. The third-order valence-electron chi connectivity index (χ3n) is 4.72. The first kappa shape index (κ1) is 19.4. The van der Waals surface area contributed by atoms with E-state index >= 15 is 0 Å². The quantitative estimate of drug-likeness (QED) is 0.636. The zero-order chi connectivity index (χ0) is 20.4. The van der Waals surface area contributed by atoms with E-state index in [-0.39, 0.29) is 0 Å². The number of aromatic nitrogens is 1. The lowest BCUT2D eigenvalue weighted by molar-refractivity contribution is 0.313. The summed E-state index contributed by atoms with van der Waals surface area (Å²) < 4.78 is 21.3. The third kappa shape index (κ3) is 3.97. The first-order chi connectivity index (χ1) is 14.1. The van der Waals surface area contributed by atoms with Crippen LogP contribution in [0.15, 0.2) is 52.9 Å². The number of nitriles is 1. The van der Waals surface area contributed by atoms with Gasteiger partial charge in [-0.15, -0.1) is 11.3 Å². The van der Waals surface area contributed by atoms with E-state index in [0.717, 1.165) is 16.9 Å². The number of fused-ring (bicyclic) bond motifs is 1. The maximum Gasteiger partial charge on any atom is 0.194 e. The van der Waals surface area contributed by atoms with E-state index in [1.807, 2.05) is 29.6 Å². The molecule has 1 aliphatic rings. The number of hydrogen-bond donors (Lipinski definition) is 1. The SMILES string of the molecule is CC(C)c1ccc(N2CCOc3cc(S(=O)Nc4nccs4)ccc32)c(C#N)c1. The Morgan fingerprint density at radius 2 is 2.10 bits per heavy atom. The summed E-state index contributed by atoms with van der Waals surface area (Å²) in [5, 5.41) is 12.1. The molecule has 0 saturated carbocycles. The molecule has 2 aromatic carbocycles. The minimum atomic E-state index is -1.43. The number of nitrogens with one attached hydrogen (secondary N) is 1. The normalized spacial score (nSPS) is 14.1. The van der Waals surface area contributed by atoms with Gasteiger partial charge in [0.1, 0.15) is 18.4 Å². The van der Waals surface area contributed by atoms with Crippen LogP contribution in [0.25, 0.3) is 0 Å². The van der Waals surface area contributed by atoms with Crippen molar-refractivity contribution in [1.82, 2.24) is 4.98 Å². The van der Waals surface area contributed by atoms with Gasteiger partial charge in [-0.05, 0) is 35.7 Å². The predicted octanol–water partition coefficient (Wildman–Crippen LogP) is 4.80.